The zero-order valence-electron chi connectivity index (χ0n) is 18.6. The van der Waals surface area contributed by atoms with Crippen LogP contribution in [0, 0.1) is 16.7 Å². The number of nitrogens with zero attached hydrogens (tertiary/aromatic N) is 1. The number of β-amino-alcohol motifs (C(OH)–C–C–N with tert-alkyl or cyclic N) is 1. The predicted molar refractivity (Wildman–Crippen MR) is 114 cm³/mol. The molecule has 3 atom stereocenters. The maximum Gasteiger partial charge on any atom is 0.235 e. The summed E-state index contributed by atoms with van der Waals surface area (Å²) in [5.41, 5.74) is 0.570. The number of hydrogen-bond donors (Lipinski definition) is 3. The van der Waals surface area contributed by atoms with E-state index in [2.05, 4.69) is 38.1 Å². The number of fused-ring (bicyclic) bond motifs is 2. The average Bonchev–Trinajstić information content (AvgIpc) is 2.91. The van der Waals surface area contributed by atoms with Crippen LogP contribution in [-0.4, -0.2) is 67.2 Å². The van der Waals surface area contributed by atoms with Gasteiger partial charge in [0.1, 0.15) is 45.4 Å². The lowest BCUT2D eigenvalue weighted by Crippen LogP contribution is -3.28. The van der Waals surface area contributed by atoms with Gasteiger partial charge in [-0.15, -0.1) is 0 Å². The van der Waals surface area contributed by atoms with Gasteiger partial charge in [-0.05, 0) is 18.3 Å². The fourth-order valence-corrected chi connectivity index (χ4v) is 5.91. The summed E-state index contributed by atoms with van der Waals surface area (Å²) in [7, 11) is 0. The Labute approximate surface area is 179 Å². The Morgan fingerprint density at radius 3 is 2.37 bits per heavy atom. The number of aliphatic hydroxyl groups is 1. The lowest BCUT2D eigenvalue weighted by atomic mass is 9.62. The van der Waals surface area contributed by atoms with Crippen molar-refractivity contribution in [1.82, 2.24) is 4.90 Å². The molecule has 164 valence electrons. The molecule has 0 radical (unpaired) electrons. The topological polar surface area (TPSA) is 66.5 Å². The number of hydrogen-bond acceptors (Lipinski definition) is 3. The Kier molecular flexibility index (Phi) is 5.77. The third-order valence-corrected chi connectivity index (χ3v) is 8.39. The highest BCUT2D eigenvalue weighted by Gasteiger charge is 2.64. The van der Waals surface area contributed by atoms with Crippen LogP contribution in [0.1, 0.15) is 39.2 Å². The number of imide groups is 1. The van der Waals surface area contributed by atoms with E-state index in [1.807, 2.05) is 13.0 Å². The number of piperazine rings is 1. The van der Waals surface area contributed by atoms with Crippen molar-refractivity contribution in [3.8, 4) is 0 Å². The normalized spacial score (nSPS) is 34.3. The number of piperidine rings is 1. The monoisotopic (exact) mass is 415 g/mol. The zero-order valence-corrected chi connectivity index (χ0v) is 18.6. The molecule has 1 saturated carbocycles. The molecule has 0 unspecified atom stereocenters. The first-order valence-corrected chi connectivity index (χ1v) is 11.5. The lowest BCUT2D eigenvalue weighted by molar-refractivity contribution is -1.02. The highest BCUT2D eigenvalue weighted by atomic mass is 16.3. The minimum absolute atomic E-state index is 0.0776. The van der Waals surface area contributed by atoms with E-state index in [4.69, 9.17) is 0 Å². The van der Waals surface area contributed by atoms with Crippen LogP contribution >= 0.6 is 0 Å². The van der Waals surface area contributed by atoms with E-state index in [0.717, 1.165) is 45.6 Å². The van der Waals surface area contributed by atoms with Gasteiger partial charge in [-0.2, -0.15) is 0 Å². The van der Waals surface area contributed by atoms with Gasteiger partial charge in [0.15, 0.2) is 0 Å². The molecule has 6 heteroatoms. The molecule has 0 spiro atoms. The van der Waals surface area contributed by atoms with E-state index >= 15 is 0 Å². The lowest BCUT2D eigenvalue weighted by Gasteiger charge is -2.48. The number of carbonyl (C=O) groups excluding carboxylic acids is 2. The van der Waals surface area contributed by atoms with Crippen molar-refractivity contribution in [3.05, 3.63) is 35.9 Å². The summed E-state index contributed by atoms with van der Waals surface area (Å²) in [5, 5.41) is 10.7. The third-order valence-electron chi connectivity index (χ3n) is 8.39. The van der Waals surface area contributed by atoms with Crippen molar-refractivity contribution in [2.75, 3.05) is 39.3 Å². The Morgan fingerprint density at radius 1 is 1.07 bits per heavy atom. The quantitative estimate of drug-likeness (QED) is 0.530. The summed E-state index contributed by atoms with van der Waals surface area (Å²) in [6, 6.07) is 10.6. The van der Waals surface area contributed by atoms with Crippen molar-refractivity contribution < 1.29 is 24.5 Å². The van der Waals surface area contributed by atoms with Gasteiger partial charge in [-0.1, -0.05) is 51.1 Å². The minimum atomic E-state index is -0.659. The summed E-state index contributed by atoms with van der Waals surface area (Å²) in [6.07, 6.45) is 0.880. The molecule has 3 N–H and O–H groups in total. The molecular formula is C24H37N3O3+2. The highest BCUT2D eigenvalue weighted by Crippen LogP contribution is 2.59. The molecule has 1 aromatic carbocycles. The van der Waals surface area contributed by atoms with Crippen LogP contribution < -0.4 is 9.80 Å². The summed E-state index contributed by atoms with van der Waals surface area (Å²) in [4.78, 5) is 30.5. The number of nitrogens with one attached hydrogen (secondary N) is 2. The molecule has 1 aromatic rings. The minimum Gasteiger partial charge on any atom is -0.385 e. The number of likely N-dealkylation sites (tertiary alicyclic amines) is 1. The van der Waals surface area contributed by atoms with Gasteiger partial charge in [0.25, 0.3) is 0 Å². The van der Waals surface area contributed by atoms with Gasteiger partial charge in [0.2, 0.25) is 11.8 Å². The smallest absolute Gasteiger partial charge is 0.235 e. The van der Waals surface area contributed by atoms with Gasteiger partial charge < -0.3 is 14.9 Å². The molecule has 3 aliphatic rings. The van der Waals surface area contributed by atoms with Gasteiger partial charge in [-0.3, -0.25) is 14.5 Å². The number of carbonyl (C=O) groups is 2. The summed E-state index contributed by atoms with van der Waals surface area (Å²) in [6.45, 7) is 12.1. The second-order valence-corrected chi connectivity index (χ2v) is 10.4. The number of aliphatic hydroxyl groups excluding tert-OH is 1. The third kappa shape index (κ3) is 3.70. The molecule has 0 aromatic heterocycles. The molecule has 6 nitrogen and oxygen atoms in total. The molecule has 2 bridgehead atoms. The fourth-order valence-electron chi connectivity index (χ4n) is 5.91. The second kappa shape index (κ2) is 8.06. The van der Waals surface area contributed by atoms with Crippen LogP contribution in [0.15, 0.2) is 30.3 Å². The van der Waals surface area contributed by atoms with E-state index in [-0.39, 0.29) is 29.7 Å². The van der Waals surface area contributed by atoms with Crippen LogP contribution in [-0.2, 0) is 16.1 Å². The summed E-state index contributed by atoms with van der Waals surface area (Å²) in [5.74, 6) is -0.270. The highest BCUT2D eigenvalue weighted by molar-refractivity contribution is 6.03. The van der Waals surface area contributed by atoms with Crippen molar-refractivity contribution in [2.45, 2.75) is 46.3 Å². The first kappa shape index (κ1) is 21.5. The van der Waals surface area contributed by atoms with Crippen molar-refractivity contribution in [1.29, 1.82) is 0 Å². The van der Waals surface area contributed by atoms with Crippen molar-refractivity contribution >= 4 is 11.8 Å². The standard InChI is InChI=1S/C24H35N3O3/c1-23(2)20-9-10-24(23,3)22(30)27(21(20)29)17-19(28)16-26-13-11-25(12-14-26)15-18-7-5-4-6-8-18/h4-8,19-20,28H,9-17H2,1-3H3/p+2/t19-,20+,24+/m1/s1. The van der Waals surface area contributed by atoms with E-state index in [1.54, 1.807) is 4.90 Å². The number of quaternary nitrogens is 2. The number of benzene rings is 1. The Hall–Kier alpha value is -1.76. The van der Waals surface area contributed by atoms with E-state index < -0.39 is 11.5 Å². The molecule has 4 rings (SSSR count). The zero-order chi connectivity index (χ0) is 21.5. The summed E-state index contributed by atoms with van der Waals surface area (Å²) >= 11 is 0. The van der Waals surface area contributed by atoms with E-state index in [9.17, 15) is 14.7 Å². The molecular weight excluding hydrogens is 378 g/mol. The predicted octanol–water partition coefficient (Wildman–Crippen LogP) is -0.858. The first-order valence-electron chi connectivity index (χ1n) is 11.5. The molecule has 30 heavy (non-hydrogen) atoms. The van der Waals surface area contributed by atoms with Gasteiger partial charge in [0, 0.05) is 11.5 Å². The average molecular weight is 416 g/mol. The van der Waals surface area contributed by atoms with Crippen LogP contribution in [0.5, 0.6) is 0 Å². The van der Waals surface area contributed by atoms with Gasteiger partial charge >= 0.3 is 0 Å². The largest absolute Gasteiger partial charge is 0.385 e. The SMILES string of the molecule is CC1(C)[C@H]2CC[C@@]1(C)C(=O)N(C[C@H](O)C[NH+]1CC[NH+](Cc3ccccc3)CC1)C2=O. The van der Waals surface area contributed by atoms with Crippen LogP contribution in [0.3, 0.4) is 0 Å². The van der Waals surface area contributed by atoms with E-state index in [0.29, 0.717) is 6.54 Å². The maximum atomic E-state index is 13.2. The maximum absolute atomic E-state index is 13.2. The van der Waals surface area contributed by atoms with Crippen molar-refractivity contribution in [3.63, 3.8) is 0 Å². The Morgan fingerprint density at radius 2 is 1.70 bits per heavy atom. The molecule has 1 aliphatic carbocycles. The fraction of sp³-hybridized carbons (Fsp3) is 0.667. The molecule has 2 heterocycles. The molecule has 3 fully saturated rings. The Bertz CT molecular complexity index is 788. The van der Waals surface area contributed by atoms with Crippen LogP contribution in [0.4, 0.5) is 0 Å². The number of rotatable bonds is 6. The molecule has 2 saturated heterocycles. The molecule has 2 aliphatic heterocycles. The van der Waals surface area contributed by atoms with Crippen LogP contribution in [0.2, 0.25) is 0 Å². The van der Waals surface area contributed by atoms with Crippen LogP contribution in [0.25, 0.3) is 0 Å². The van der Waals surface area contributed by atoms with Gasteiger partial charge in [-0.25, -0.2) is 0 Å². The first-order chi connectivity index (χ1) is 14.2. The Balaban J connectivity index is 1.29. The summed E-state index contributed by atoms with van der Waals surface area (Å²) < 4.78 is 0. The van der Waals surface area contributed by atoms with Gasteiger partial charge in [0.05, 0.1) is 12.0 Å². The van der Waals surface area contributed by atoms with Crippen molar-refractivity contribution in [2.24, 2.45) is 16.7 Å². The second-order valence-electron chi connectivity index (χ2n) is 10.4. The van der Waals surface area contributed by atoms with E-state index in [1.165, 1.54) is 15.4 Å². The number of amides is 2. The molecule has 2 amide bonds.